The third-order valence-corrected chi connectivity index (χ3v) is 3.86. The van der Waals surface area contributed by atoms with E-state index in [-0.39, 0.29) is 11.8 Å². The van der Waals surface area contributed by atoms with Crippen molar-refractivity contribution in [2.45, 2.75) is 84.5 Å². The first-order valence-electron chi connectivity index (χ1n) is 8.96. The van der Waals surface area contributed by atoms with E-state index < -0.39 is 0 Å². The Labute approximate surface area is 142 Å². The number of hydrogen-bond donors (Lipinski definition) is 0. The average Bonchev–Trinajstić information content (AvgIpc) is 2.50. The van der Waals surface area contributed by atoms with Crippen LogP contribution in [0.15, 0.2) is 24.3 Å². The Hall–Kier alpha value is -1.38. The minimum Gasteiger partial charge on any atom is -0.462 e. The summed E-state index contributed by atoms with van der Waals surface area (Å²) in [5, 5.41) is 0. The maximum absolute atomic E-state index is 11.4. The van der Waals surface area contributed by atoms with Gasteiger partial charge in [0.1, 0.15) is 0 Å². The Morgan fingerprint density at radius 2 is 1.13 bits per heavy atom. The Balaban J connectivity index is 3.19. The van der Waals surface area contributed by atoms with Crippen molar-refractivity contribution < 1.29 is 14.3 Å². The number of esters is 1. The van der Waals surface area contributed by atoms with Crippen LogP contribution in [-0.2, 0) is 14.3 Å². The largest absolute Gasteiger partial charge is 0.462 e. The maximum Gasteiger partial charge on any atom is 0.333 e. The fourth-order valence-corrected chi connectivity index (χ4v) is 2.30. The summed E-state index contributed by atoms with van der Waals surface area (Å²) in [7, 11) is 0. The second-order valence-electron chi connectivity index (χ2n) is 6.41. The lowest BCUT2D eigenvalue weighted by molar-refractivity contribution is -0.139. The zero-order valence-corrected chi connectivity index (χ0v) is 15.1. The van der Waals surface area contributed by atoms with E-state index in [1.807, 2.05) is 0 Å². The molecule has 0 aromatic rings. The van der Waals surface area contributed by atoms with Gasteiger partial charge in [0.05, 0.1) is 6.61 Å². The highest BCUT2D eigenvalue weighted by Crippen LogP contribution is 2.12. The molecule has 0 fully saturated rings. The number of ketones is 1. The van der Waals surface area contributed by atoms with Crippen LogP contribution in [0.2, 0.25) is 0 Å². The molecule has 23 heavy (non-hydrogen) atoms. The third-order valence-electron chi connectivity index (χ3n) is 3.86. The van der Waals surface area contributed by atoms with Crippen molar-refractivity contribution in [2.75, 3.05) is 6.61 Å². The van der Waals surface area contributed by atoms with Crippen molar-refractivity contribution >= 4 is 11.8 Å². The van der Waals surface area contributed by atoms with E-state index in [4.69, 9.17) is 4.74 Å². The molecule has 0 unspecified atom stereocenters. The number of allylic oxidation sites excluding steroid dienone is 1. The molecule has 0 spiro atoms. The minimum absolute atomic E-state index is 0.207. The van der Waals surface area contributed by atoms with Gasteiger partial charge in [-0.25, -0.2) is 4.79 Å². The molecule has 0 radical (unpaired) electrons. The number of carbonyl (C=O) groups is 2. The number of rotatable bonds is 15. The molecule has 0 aromatic heterocycles. The van der Waals surface area contributed by atoms with E-state index in [9.17, 15) is 9.59 Å². The molecule has 0 amide bonds. The van der Waals surface area contributed by atoms with Gasteiger partial charge >= 0.3 is 5.97 Å². The van der Waals surface area contributed by atoms with Crippen LogP contribution in [0.5, 0.6) is 0 Å². The Bertz CT molecular complexity index is 346. The second-order valence-corrected chi connectivity index (χ2v) is 6.41. The first-order valence-corrected chi connectivity index (χ1v) is 8.96. The highest BCUT2D eigenvalue weighted by molar-refractivity contribution is 5.93. The lowest BCUT2D eigenvalue weighted by Crippen LogP contribution is -2.05. The molecule has 0 aliphatic carbocycles. The van der Waals surface area contributed by atoms with Crippen molar-refractivity contribution in [1.29, 1.82) is 0 Å². The lowest BCUT2D eigenvalue weighted by atomic mass is 10.0. The van der Waals surface area contributed by atoms with Gasteiger partial charge in [0, 0.05) is 12.0 Å². The summed E-state index contributed by atoms with van der Waals surface area (Å²) in [5.41, 5.74) is 1.15. The van der Waals surface area contributed by atoms with Crippen LogP contribution in [0.25, 0.3) is 0 Å². The number of Topliss-reactive ketones (excluding diaryl/α,β-unsaturated/α-hetero) is 1. The van der Waals surface area contributed by atoms with Crippen LogP contribution >= 0.6 is 0 Å². The first-order chi connectivity index (χ1) is 10.9. The van der Waals surface area contributed by atoms with E-state index in [1.165, 1.54) is 38.5 Å². The molecule has 0 aromatic carbocycles. The summed E-state index contributed by atoms with van der Waals surface area (Å²) in [6, 6.07) is 0. The van der Waals surface area contributed by atoms with E-state index in [0.29, 0.717) is 24.2 Å². The highest BCUT2D eigenvalue weighted by Gasteiger charge is 2.02. The van der Waals surface area contributed by atoms with Gasteiger partial charge < -0.3 is 4.74 Å². The highest BCUT2D eigenvalue weighted by atomic mass is 16.5. The summed E-state index contributed by atoms with van der Waals surface area (Å²) >= 11 is 0. The van der Waals surface area contributed by atoms with Crippen LogP contribution in [0.3, 0.4) is 0 Å². The molecule has 0 aliphatic heterocycles. The molecule has 0 bridgehead atoms. The summed E-state index contributed by atoms with van der Waals surface area (Å²) in [5.74, 6) is -0.0751. The van der Waals surface area contributed by atoms with E-state index in [0.717, 1.165) is 25.7 Å². The topological polar surface area (TPSA) is 43.4 Å². The summed E-state index contributed by atoms with van der Waals surface area (Å²) in [6.07, 6.45) is 12.3. The van der Waals surface area contributed by atoms with Gasteiger partial charge in [0.15, 0.2) is 5.78 Å². The van der Waals surface area contributed by atoms with Crippen molar-refractivity contribution in [3.8, 4) is 0 Å². The molecule has 0 heterocycles. The molecule has 0 saturated carbocycles. The SMILES string of the molecule is C=C(C)C(=O)CCCCCCCCCCCCOC(=O)C(=C)C. The second kappa shape index (κ2) is 14.2. The van der Waals surface area contributed by atoms with E-state index in [1.54, 1.807) is 13.8 Å². The van der Waals surface area contributed by atoms with Crippen molar-refractivity contribution in [2.24, 2.45) is 0 Å². The van der Waals surface area contributed by atoms with Crippen molar-refractivity contribution in [3.63, 3.8) is 0 Å². The zero-order valence-electron chi connectivity index (χ0n) is 15.1. The predicted octanol–water partition coefficient (Wildman–Crippen LogP) is 5.54. The Kier molecular flexibility index (Phi) is 13.4. The molecule has 0 saturated heterocycles. The van der Waals surface area contributed by atoms with Crippen molar-refractivity contribution in [1.82, 2.24) is 0 Å². The van der Waals surface area contributed by atoms with Gasteiger partial charge in [-0.15, -0.1) is 0 Å². The smallest absolute Gasteiger partial charge is 0.333 e. The van der Waals surface area contributed by atoms with E-state index in [2.05, 4.69) is 13.2 Å². The van der Waals surface area contributed by atoms with Crippen LogP contribution in [0.4, 0.5) is 0 Å². The minimum atomic E-state index is -0.282. The molecule has 3 nitrogen and oxygen atoms in total. The van der Waals surface area contributed by atoms with Crippen LogP contribution in [0.1, 0.15) is 84.5 Å². The zero-order chi connectivity index (χ0) is 17.5. The predicted molar refractivity (Wildman–Crippen MR) is 96.4 cm³/mol. The summed E-state index contributed by atoms with van der Waals surface area (Å²) in [6.45, 7) is 11.2. The van der Waals surface area contributed by atoms with Gasteiger partial charge in [-0.3, -0.25) is 4.79 Å². The van der Waals surface area contributed by atoms with Gasteiger partial charge in [0.2, 0.25) is 0 Å². The van der Waals surface area contributed by atoms with Gasteiger partial charge in [-0.05, 0) is 32.3 Å². The third kappa shape index (κ3) is 14.0. The van der Waals surface area contributed by atoms with Gasteiger partial charge in [-0.1, -0.05) is 64.5 Å². The van der Waals surface area contributed by atoms with Gasteiger partial charge in [0.25, 0.3) is 0 Å². The van der Waals surface area contributed by atoms with Crippen molar-refractivity contribution in [3.05, 3.63) is 24.3 Å². The molecule has 0 atom stereocenters. The Morgan fingerprint density at radius 3 is 1.57 bits per heavy atom. The quantitative estimate of drug-likeness (QED) is 0.226. The first kappa shape index (κ1) is 21.6. The van der Waals surface area contributed by atoms with Crippen LogP contribution in [0, 0.1) is 0 Å². The number of carbonyl (C=O) groups excluding carboxylic acids is 2. The van der Waals surface area contributed by atoms with Crippen LogP contribution < -0.4 is 0 Å². The average molecular weight is 322 g/mol. The Morgan fingerprint density at radius 1 is 0.696 bits per heavy atom. The fraction of sp³-hybridized carbons (Fsp3) is 0.700. The van der Waals surface area contributed by atoms with Gasteiger partial charge in [-0.2, -0.15) is 0 Å². The molecule has 0 rings (SSSR count). The molecule has 132 valence electrons. The van der Waals surface area contributed by atoms with E-state index >= 15 is 0 Å². The summed E-state index contributed by atoms with van der Waals surface area (Å²) < 4.78 is 5.05. The maximum atomic E-state index is 11.4. The fourth-order valence-electron chi connectivity index (χ4n) is 2.30. The molecule has 0 aliphatic rings. The standard InChI is InChI=1S/C20H34O3/c1-17(2)19(21)15-13-11-9-7-5-6-8-10-12-14-16-23-20(22)18(3)4/h1,3,5-16H2,2,4H3. The molecule has 0 N–H and O–H groups in total. The number of ether oxygens (including phenoxy) is 1. The normalized spacial score (nSPS) is 10.3. The molecule has 3 heteroatoms. The lowest BCUT2D eigenvalue weighted by Gasteiger charge is -2.04. The number of hydrogen-bond acceptors (Lipinski definition) is 3. The molecular weight excluding hydrogens is 288 g/mol. The van der Waals surface area contributed by atoms with Crippen LogP contribution in [-0.4, -0.2) is 18.4 Å². The monoisotopic (exact) mass is 322 g/mol. The number of unbranched alkanes of at least 4 members (excludes halogenated alkanes) is 9. The molecular formula is C20H34O3. The summed E-state index contributed by atoms with van der Waals surface area (Å²) in [4.78, 5) is 22.5.